The third-order valence-electron chi connectivity index (χ3n) is 3.58. The van der Waals surface area contributed by atoms with Gasteiger partial charge in [0.05, 0.1) is 5.41 Å². The summed E-state index contributed by atoms with van der Waals surface area (Å²) in [4.78, 5) is 24.2. The number of nitrogens with one attached hydrogen (secondary N) is 1. The lowest BCUT2D eigenvalue weighted by atomic mass is 9.97. The summed E-state index contributed by atoms with van der Waals surface area (Å²) in [5.41, 5.74) is 2.82. The summed E-state index contributed by atoms with van der Waals surface area (Å²) in [6, 6.07) is 12.5. The van der Waals surface area contributed by atoms with Crippen molar-refractivity contribution in [1.29, 1.82) is 0 Å². The molecule has 0 aliphatic rings. The van der Waals surface area contributed by atoms with E-state index in [2.05, 4.69) is 5.32 Å². The number of aryl methyl sites for hydroxylation is 2. The molecule has 2 aromatic rings. The van der Waals surface area contributed by atoms with E-state index in [4.69, 9.17) is 4.74 Å². The highest BCUT2D eigenvalue weighted by atomic mass is 16.5. The number of rotatable bonds is 3. The third kappa shape index (κ3) is 4.44. The predicted octanol–water partition coefficient (Wildman–Crippen LogP) is 4.51. The van der Waals surface area contributed by atoms with E-state index in [0.717, 1.165) is 16.8 Å². The van der Waals surface area contributed by atoms with Gasteiger partial charge in [0, 0.05) is 11.3 Å². The maximum absolute atomic E-state index is 12.4. The Morgan fingerprint density at radius 3 is 2.17 bits per heavy atom. The molecular weight excluding hydrogens is 302 g/mol. The molecule has 0 bridgehead atoms. The summed E-state index contributed by atoms with van der Waals surface area (Å²) in [5, 5.41) is 2.91. The first-order chi connectivity index (χ1) is 11.2. The molecule has 0 saturated carbocycles. The van der Waals surface area contributed by atoms with Crippen molar-refractivity contribution in [3.63, 3.8) is 0 Å². The van der Waals surface area contributed by atoms with Crippen LogP contribution in [0.15, 0.2) is 42.5 Å². The molecule has 0 unspecified atom stereocenters. The Bertz CT molecular complexity index is 755. The molecule has 0 aliphatic heterocycles. The monoisotopic (exact) mass is 325 g/mol. The van der Waals surface area contributed by atoms with Crippen LogP contribution in [0.1, 0.15) is 42.3 Å². The molecule has 0 radical (unpaired) electrons. The van der Waals surface area contributed by atoms with Gasteiger partial charge < -0.3 is 10.1 Å². The zero-order valence-corrected chi connectivity index (χ0v) is 14.8. The van der Waals surface area contributed by atoms with Crippen LogP contribution in [-0.2, 0) is 4.79 Å². The lowest BCUT2D eigenvalue weighted by molar-refractivity contribution is -0.142. The first kappa shape index (κ1) is 17.7. The number of hydrogen-bond acceptors (Lipinski definition) is 3. The van der Waals surface area contributed by atoms with Crippen molar-refractivity contribution in [2.24, 2.45) is 5.41 Å². The van der Waals surface area contributed by atoms with Crippen molar-refractivity contribution >= 4 is 17.6 Å². The van der Waals surface area contributed by atoms with Crippen LogP contribution in [0.3, 0.4) is 0 Å². The Morgan fingerprint density at radius 2 is 1.58 bits per heavy atom. The minimum atomic E-state index is -0.571. The smallest absolute Gasteiger partial charge is 0.316 e. The minimum Gasteiger partial charge on any atom is -0.426 e. The topological polar surface area (TPSA) is 55.4 Å². The van der Waals surface area contributed by atoms with E-state index in [0.29, 0.717) is 11.3 Å². The van der Waals surface area contributed by atoms with Crippen molar-refractivity contribution in [3.05, 3.63) is 59.2 Å². The van der Waals surface area contributed by atoms with Crippen molar-refractivity contribution in [3.8, 4) is 5.75 Å². The molecule has 0 aliphatic carbocycles. The zero-order valence-electron chi connectivity index (χ0n) is 14.8. The number of amides is 1. The molecule has 1 N–H and O–H groups in total. The Kier molecular flexibility index (Phi) is 5.07. The highest BCUT2D eigenvalue weighted by molar-refractivity contribution is 6.04. The summed E-state index contributed by atoms with van der Waals surface area (Å²) in [7, 11) is 0. The van der Waals surface area contributed by atoms with Gasteiger partial charge in [0.25, 0.3) is 5.91 Å². The molecule has 0 heterocycles. The van der Waals surface area contributed by atoms with E-state index >= 15 is 0 Å². The minimum absolute atomic E-state index is 0.197. The number of hydrogen-bond donors (Lipinski definition) is 1. The molecule has 126 valence electrons. The second-order valence-electron chi connectivity index (χ2n) is 6.94. The summed E-state index contributed by atoms with van der Waals surface area (Å²) < 4.78 is 5.30. The van der Waals surface area contributed by atoms with E-state index < -0.39 is 5.41 Å². The van der Waals surface area contributed by atoms with Gasteiger partial charge in [-0.1, -0.05) is 12.1 Å². The Labute approximate surface area is 142 Å². The summed E-state index contributed by atoms with van der Waals surface area (Å²) >= 11 is 0. The van der Waals surface area contributed by atoms with Gasteiger partial charge in [0.15, 0.2) is 0 Å². The Balaban J connectivity index is 2.09. The molecule has 0 aromatic heterocycles. The van der Waals surface area contributed by atoms with E-state index in [1.54, 1.807) is 45.0 Å². The first-order valence-corrected chi connectivity index (χ1v) is 7.88. The third-order valence-corrected chi connectivity index (χ3v) is 3.58. The lowest BCUT2D eigenvalue weighted by Crippen LogP contribution is -2.25. The first-order valence-electron chi connectivity index (χ1n) is 7.88. The summed E-state index contributed by atoms with van der Waals surface area (Å²) in [6.07, 6.45) is 0. The molecule has 0 saturated heterocycles. The van der Waals surface area contributed by atoms with Crippen LogP contribution in [0, 0.1) is 19.3 Å². The number of ether oxygens (including phenoxy) is 1. The zero-order chi connectivity index (χ0) is 17.9. The number of anilines is 1. The maximum Gasteiger partial charge on any atom is 0.316 e. The number of carbonyl (C=O) groups excluding carboxylic acids is 2. The van der Waals surface area contributed by atoms with Gasteiger partial charge in [-0.25, -0.2) is 0 Å². The molecule has 2 aromatic carbocycles. The van der Waals surface area contributed by atoms with Gasteiger partial charge in [0.2, 0.25) is 0 Å². The molecule has 0 fully saturated rings. The van der Waals surface area contributed by atoms with Crippen LogP contribution >= 0.6 is 0 Å². The normalized spacial score (nSPS) is 11.0. The highest BCUT2D eigenvalue weighted by Crippen LogP contribution is 2.21. The fraction of sp³-hybridized carbons (Fsp3) is 0.300. The van der Waals surface area contributed by atoms with Crippen LogP contribution in [0.25, 0.3) is 0 Å². The SMILES string of the molecule is Cc1ccc(C)c(NC(=O)c2ccc(OC(=O)C(C)(C)C)cc2)c1. The molecule has 4 heteroatoms. The van der Waals surface area contributed by atoms with Gasteiger partial charge in [-0.2, -0.15) is 0 Å². The van der Waals surface area contributed by atoms with E-state index in [9.17, 15) is 9.59 Å². The molecule has 1 amide bonds. The molecule has 2 rings (SSSR count). The van der Waals surface area contributed by atoms with Gasteiger partial charge in [-0.05, 0) is 76.1 Å². The van der Waals surface area contributed by atoms with Crippen LogP contribution < -0.4 is 10.1 Å². The van der Waals surface area contributed by atoms with Crippen LogP contribution in [0.2, 0.25) is 0 Å². The second kappa shape index (κ2) is 6.87. The van der Waals surface area contributed by atoms with Crippen molar-refractivity contribution in [1.82, 2.24) is 0 Å². The Hall–Kier alpha value is -2.62. The van der Waals surface area contributed by atoms with E-state index in [-0.39, 0.29) is 11.9 Å². The number of esters is 1. The predicted molar refractivity (Wildman–Crippen MR) is 95.4 cm³/mol. The van der Waals surface area contributed by atoms with Gasteiger partial charge in [-0.3, -0.25) is 9.59 Å². The summed E-state index contributed by atoms with van der Waals surface area (Å²) in [5.74, 6) is -0.0781. The van der Waals surface area contributed by atoms with Crippen LogP contribution in [0.5, 0.6) is 5.75 Å². The van der Waals surface area contributed by atoms with E-state index in [1.165, 1.54) is 0 Å². The lowest BCUT2D eigenvalue weighted by Gasteiger charge is -2.16. The van der Waals surface area contributed by atoms with Crippen molar-refractivity contribution < 1.29 is 14.3 Å². The largest absolute Gasteiger partial charge is 0.426 e. The maximum atomic E-state index is 12.4. The highest BCUT2D eigenvalue weighted by Gasteiger charge is 2.23. The fourth-order valence-corrected chi connectivity index (χ4v) is 2.00. The average Bonchev–Trinajstić information content (AvgIpc) is 2.50. The van der Waals surface area contributed by atoms with Crippen LogP contribution in [0.4, 0.5) is 5.69 Å². The molecule has 24 heavy (non-hydrogen) atoms. The van der Waals surface area contributed by atoms with Gasteiger partial charge >= 0.3 is 5.97 Å². The molecule has 4 nitrogen and oxygen atoms in total. The standard InChI is InChI=1S/C20H23NO3/c1-13-6-7-14(2)17(12-13)21-18(22)15-8-10-16(11-9-15)24-19(23)20(3,4)5/h6-12H,1-5H3,(H,21,22). The molecule has 0 atom stereocenters. The average molecular weight is 325 g/mol. The van der Waals surface area contributed by atoms with Gasteiger partial charge in [-0.15, -0.1) is 0 Å². The van der Waals surface area contributed by atoms with Crippen molar-refractivity contribution in [2.75, 3.05) is 5.32 Å². The second-order valence-corrected chi connectivity index (χ2v) is 6.94. The number of carbonyl (C=O) groups is 2. The van der Waals surface area contributed by atoms with Crippen LogP contribution in [-0.4, -0.2) is 11.9 Å². The Morgan fingerprint density at radius 1 is 0.958 bits per heavy atom. The van der Waals surface area contributed by atoms with Crippen molar-refractivity contribution in [2.45, 2.75) is 34.6 Å². The van der Waals surface area contributed by atoms with E-state index in [1.807, 2.05) is 32.0 Å². The van der Waals surface area contributed by atoms with Gasteiger partial charge in [0.1, 0.15) is 5.75 Å². The molecular formula is C20H23NO3. The number of benzene rings is 2. The molecule has 0 spiro atoms. The fourth-order valence-electron chi connectivity index (χ4n) is 2.00. The quantitative estimate of drug-likeness (QED) is 0.667. The summed E-state index contributed by atoms with van der Waals surface area (Å²) in [6.45, 7) is 9.31.